The smallest absolute Gasteiger partial charge is 0.294 e. The third-order valence-electron chi connectivity index (χ3n) is 5.03. The van der Waals surface area contributed by atoms with Gasteiger partial charge < -0.3 is 4.90 Å². The van der Waals surface area contributed by atoms with Gasteiger partial charge in [-0.05, 0) is 39.7 Å². The average Bonchev–Trinajstić information content (AvgIpc) is 3.26. The van der Waals surface area contributed by atoms with Crippen molar-refractivity contribution < 1.29 is 4.79 Å². The Morgan fingerprint density at radius 3 is 2.72 bits per heavy atom. The predicted octanol–water partition coefficient (Wildman–Crippen LogP) is 1.76. The zero-order valence-corrected chi connectivity index (χ0v) is 14.9. The summed E-state index contributed by atoms with van der Waals surface area (Å²) in [6.45, 7) is 6.67. The number of fused-ring (bicyclic) bond motifs is 1. The Hall–Kier alpha value is -2.77. The van der Waals surface area contributed by atoms with Gasteiger partial charge in [0.15, 0.2) is 0 Å². The fourth-order valence-electron chi connectivity index (χ4n) is 3.71. The highest BCUT2D eigenvalue weighted by molar-refractivity contribution is 5.91. The molecule has 4 heterocycles. The van der Waals surface area contributed by atoms with Crippen molar-refractivity contribution in [1.82, 2.24) is 34.3 Å². The van der Waals surface area contributed by atoms with Crippen LogP contribution in [0.25, 0.3) is 5.78 Å². The van der Waals surface area contributed by atoms with Crippen LogP contribution in [0.15, 0.2) is 12.3 Å². The van der Waals surface area contributed by atoms with Gasteiger partial charge in [-0.15, -0.1) is 5.10 Å². The molecule has 1 saturated heterocycles. The van der Waals surface area contributed by atoms with E-state index in [-0.39, 0.29) is 17.8 Å². The van der Waals surface area contributed by atoms with E-state index in [9.17, 15) is 4.79 Å². The first-order valence-corrected chi connectivity index (χ1v) is 8.47. The molecule has 8 nitrogen and oxygen atoms in total. The third kappa shape index (κ3) is 2.40. The number of aromatic nitrogens is 6. The van der Waals surface area contributed by atoms with Crippen LogP contribution in [0.4, 0.5) is 0 Å². The van der Waals surface area contributed by atoms with Gasteiger partial charge in [-0.2, -0.15) is 10.1 Å². The Kier molecular flexibility index (Phi) is 3.55. The summed E-state index contributed by atoms with van der Waals surface area (Å²) in [4.78, 5) is 23.5. The summed E-state index contributed by atoms with van der Waals surface area (Å²) in [5.41, 5.74) is 4.12. The van der Waals surface area contributed by atoms with Crippen LogP contribution in [0.5, 0.6) is 0 Å². The highest BCUT2D eigenvalue weighted by Crippen LogP contribution is 2.36. The normalized spacial score (nSPS) is 17.6. The Bertz CT molecular complexity index is 971. The number of aryl methyl sites for hydroxylation is 3. The van der Waals surface area contributed by atoms with Gasteiger partial charge in [0.05, 0.1) is 11.7 Å². The van der Waals surface area contributed by atoms with E-state index >= 15 is 0 Å². The first kappa shape index (κ1) is 15.7. The molecule has 8 heteroatoms. The number of rotatable bonds is 2. The van der Waals surface area contributed by atoms with Crippen molar-refractivity contribution >= 4 is 11.7 Å². The van der Waals surface area contributed by atoms with Crippen molar-refractivity contribution in [3.63, 3.8) is 0 Å². The van der Waals surface area contributed by atoms with Gasteiger partial charge in [0, 0.05) is 36.7 Å². The Labute approximate surface area is 145 Å². The molecule has 0 N–H and O–H groups in total. The maximum Gasteiger partial charge on any atom is 0.294 e. The number of hydrogen-bond donors (Lipinski definition) is 0. The molecule has 0 radical (unpaired) electrons. The van der Waals surface area contributed by atoms with Gasteiger partial charge >= 0.3 is 0 Å². The Morgan fingerprint density at radius 1 is 1.24 bits per heavy atom. The van der Waals surface area contributed by atoms with Crippen molar-refractivity contribution in [1.29, 1.82) is 0 Å². The van der Waals surface area contributed by atoms with Crippen LogP contribution in [-0.4, -0.2) is 46.7 Å². The molecule has 0 aromatic carbocycles. The Morgan fingerprint density at radius 2 is 2.04 bits per heavy atom. The van der Waals surface area contributed by atoms with Gasteiger partial charge in [-0.3, -0.25) is 9.48 Å². The second-order valence-corrected chi connectivity index (χ2v) is 6.60. The topological polar surface area (TPSA) is 81.2 Å². The van der Waals surface area contributed by atoms with Crippen molar-refractivity contribution in [2.45, 2.75) is 39.7 Å². The molecule has 0 saturated carbocycles. The van der Waals surface area contributed by atoms with Crippen molar-refractivity contribution in [3.8, 4) is 0 Å². The monoisotopic (exact) mass is 339 g/mol. The van der Waals surface area contributed by atoms with E-state index in [2.05, 4.69) is 20.2 Å². The zero-order valence-electron chi connectivity index (χ0n) is 14.9. The number of nitrogens with zero attached hydrogens (tertiary/aromatic N) is 7. The highest BCUT2D eigenvalue weighted by atomic mass is 16.2. The number of carbonyl (C=O) groups is 1. The van der Waals surface area contributed by atoms with Gasteiger partial charge in [0.1, 0.15) is 0 Å². The number of amides is 1. The lowest BCUT2D eigenvalue weighted by molar-refractivity contribution is 0.0723. The summed E-state index contributed by atoms with van der Waals surface area (Å²) >= 11 is 0. The molecule has 4 rings (SSSR count). The number of likely N-dealkylation sites (tertiary alicyclic amines) is 1. The molecule has 0 aliphatic carbocycles. The van der Waals surface area contributed by atoms with Crippen LogP contribution >= 0.6 is 0 Å². The summed E-state index contributed by atoms with van der Waals surface area (Å²) < 4.78 is 3.49. The summed E-state index contributed by atoms with van der Waals surface area (Å²) in [7, 11) is 1.94. The van der Waals surface area contributed by atoms with E-state index < -0.39 is 0 Å². The molecular formula is C17H21N7O. The van der Waals surface area contributed by atoms with Gasteiger partial charge in [0.2, 0.25) is 5.82 Å². The molecule has 25 heavy (non-hydrogen) atoms. The van der Waals surface area contributed by atoms with E-state index in [4.69, 9.17) is 0 Å². The van der Waals surface area contributed by atoms with Crippen molar-refractivity contribution in [2.75, 3.05) is 6.54 Å². The summed E-state index contributed by atoms with van der Waals surface area (Å²) in [6, 6.07) is 1.87. The van der Waals surface area contributed by atoms with Crippen LogP contribution in [0.1, 0.15) is 52.1 Å². The fourth-order valence-corrected chi connectivity index (χ4v) is 3.71. The Balaban J connectivity index is 1.72. The minimum Gasteiger partial charge on any atom is -0.329 e. The molecule has 0 bridgehead atoms. The number of hydrogen-bond acceptors (Lipinski definition) is 5. The summed E-state index contributed by atoms with van der Waals surface area (Å²) in [5.74, 6) is 0.510. The molecule has 1 amide bonds. The standard InChI is InChI=1S/C17H21N7O/c1-10-7-8-18-17-19-15(21-24(10)17)16(25)23-9-5-6-13(23)14-11(2)20-22(4)12(14)3/h7-8,13H,5-6,9H2,1-4H3/t13-/m1/s1. The van der Waals surface area contributed by atoms with Crippen molar-refractivity contribution in [3.05, 3.63) is 40.7 Å². The average molecular weight is 339 g/mol. The molecule has 0 unspecified atom stereocenters. The lowest BCUT2D eigenvalue weighted by atomic mass is 10.0. The van der Waals surface area contributed by atoms with Crippen LogP contribution in [0.3, 0.4) is 0 Å². The summed E-state index contributed by atoms with van der Waals surface area (Å²) in [6.07, 6.45) is 3.58. The molecule has 1 aliphatic rings. The second-order valence-electron chi connectivity index (χ2n) is 6.60. The van der Waals surface area contributed by atoms with Crippen LogP contribution in [-0.2, 0) is 7.05 Å². The minimum atomic E-state index is -0.143. The van der Waals surface area contributed by atoms with Crippen LogP contribution < -0.4 is 0 Å². The lowest BCUT2D eigenvalue weighted by Crippen LogP contribution is -2.32. The summed E-state index contributed by atoms with van der Waals surface area (Å²) in [5, 5.41) is 8.87. The van der Waals surface area contributed by atoms with E-state index in [1.807, 2.05) is 43.5 Å². The number of carbonyl (C=O) groups excluding carboxylic acids is 1. The molecule has 3 aromatic heterocycles. The van der Waals surface area contributed by atoms with E-state index in [0.29, 0.717) is 12.3 Å². The molecule has 0 spiro atoms. The highest BCUT2D eigenvalue weighted by Gasteiger charge is 2.35. The van der Waals surface area contributed by atoms with Gasteiger partial charge in [-0.25, -0.2) is 9.50 Å². The van der Waals surface area contributed by atoms with Crippen LogP contribution in [0, 0.1) is 20.8 Å². The third-order valence-corrected chi connectivity index (χ3v) is 5.03. The first-order chi connectivity index (χ1) is 12.0. The van der Waals surface area contributed by atoms with Crippen LogP contribution in [0.2, 0.25) is 0 Å². The maximum absolute atomic E-state index is 13.1. The second kappa shape index (κ2) is 5.65. The van der Waals surface area contributed by atoms with E-state index in [1.165, 1.54) is 0 Å². The molecule has 3 aromatic rings. The zero-order chi connectivity index (χ0) is 17.7. The van der Waals surface area contributed by atoms with Crippen molar-refractivity contribution in [2.24, 2.45) is 7.05 Å². The maximum atomic E-state index is 13.1. The fraction of sp³-hybridized carbons (Fsp3) is 0.471. The molecule has 1 atom stereocenters. The SMILES string of the molecule is Cc1nn(C)c(C)c1[C@H]1CCCN1C(=O)c1nc2nccc(C)n2n1. The quantitative estimate of drug-likeness (QED) is 0.710. The molecule has 1 fully saturated rings. The van der Waals surface area contributed by atoms with E-state index in [1.54, 1.807) is 10.7 Å². The van der Waals surface area contributed by atoms with Gasteiger partial charge in [0.25, 0.3) is 11.7 Å². The molecular weight excluding hydrogens is 318 g/mol. The van der Waals surface area contributed by atoms with E-state index in [0.717, 1.165) is 35.5 Å². The largest absolute Gasteiger partial charge is 0.329 e. The first-order valence-electron chi connectivity index (χ1n) is 8.47. The van der Waals surface area contributed by atoms with Gasteiger partial charge in [-0.1, -0.05) is 0 Å². The molecule has 1 aliphatic heterocycles. The predicted molar refractivity (Wildman–Crippen MR) is 91.2 cm³/mol. The lowest BCUT2D eigenvalue weighted by Gasteiger charge is -2.24. The minimum absolute atomic E-state index is 0.0295. The molecule has 130 valence electrons.